The Morgan fingerprint density at radius 1 is 0.962 bits per heavy atom. The van der Waals surface area contributed by atoms with Crippen LogP contribution in [0.4, 0.5) is 16.2 Å². The lowest BCUT2D eigenvalue weighted by molar-refractivity contribution is 0.0602. The van der Waals surface area contributed by atoms with Gasteiger partial charge < -0.3 is 14.6 Å². The number of para-hydroxylation sites is 3. The largest absolute Gasteiger partial charge is 0.465 e. The maximum absolute atomic E-state index is 13.0. The standard InChI is InChI=1S/C20H17N3O3/c1-26-19(24)15-8-2-3-9-16(15)21-20(25)23-13-14-7-6-12-22(14)17-10-4-5-11-18(17)23/h2-12H,13H2,1H3,(H,21,25). The molecule has 0 saturated heterocycles. The fourth-order valence-corrected chi connectivity index (χ4v) is 3.17. The smallest absolute Gasteiger partial charge is 0.339 e. The van der Waals surface area contributed by atoms with Crippen molar-refractivity contribution in [2.75, 3.05) is 17.3 Å². The van der Waals surface area contributed by atoms with E-state index in [1.807, 2.05) is 42.6 Å². The highest BCUT2D eigenvalue weighted by molar-refractivity contribution is 6.07. The minimum absolute atomic E-state index is 0.304. The molecule has 2 heterocycles. The monoisotopic (exact) mass is 347 g/mol. The van der Waals surface area contributed by atoms with Crippen LogP contribution in [0.15, 0.2) is 66.9 Å². The van der Waals surface area contributed by atoms with Gasteiger partial charge in [-0.05, 0) is 36.4 Å². The zero-order valence-electron chi connectivity index (χ0n) is 14.2. The van der Waals surface area contributed by atoms with Gasteiger partial charge in [0.1, 0.15) is 0 Å². The maximum Gasteiger partial charge on any atom is 0.339 e. The number of amides is 2. The maximum atomic E-state index is 13.0. The summed E-state index contributed by atoms with van der Waals surface area (Å²) >= 11 is 0. The van der Waals surface area contributed by atoms with Gasteiger partial charge in [-0.1, -0.05) is 24.3 Å². The first-order chi connectivity index (χ1) is 12.7. The Morgan fingerprint density at radius 3 is 2.50 bits per heavy atom. The van der Waals surface area contributed by atoms with E-state index in [-0.39, 0.29) is 6.03 Å². The van der Waals surface area contributed by atoms with Crippen molar-refractivity contribution in [2.45, 2.75) is 6.54 Å². The van der Waals surface area contributed by atoms with Crippen LogP contribution in [0.3, 0.4) is 0 Å². The Bertz CT molecular complexity index is 993. The Balaban J connectivity index is 1.68. The van der Waals surface area contributed by atoms with E-state index in [2.05, 4.69) is 9.88 Å². The highest BCUT2D eigenvalue weighted by Gasteiger charge is 2.26. The van der Waals surface area contributed by atoms with Crippen molar-refractivity contribution in [3.05, 3.63) is 78.1 Å². The van der Waals surface area contributed by atoms with Crippen molar-refractivity contribution >= 4 is 23.4 Å². The summed E-state index contributed by atoms with van der Waals surface area (Å²) in [6.45, 7) is 0.441. The number of hydrogen-bond acceptors (Lipinski definition) is 3. The molecule has 1 N–H and O–H groups in total. The summed E-state index contributed by atoms with van der Waals surface area (Å²) in [5.74, 6) is -0.492. The molecule has 0 fully saturated rings. The molecule has 0 spiro atoms. The van der Waals surface area contributed by atoms with Crippen molar-refractivity contribution in [3.63, 3.8) is 0 Å². The third-order valence-electron chi connectivity index (χ3n) is 4.40. The Hall–Kier alpha value is -3.54. The fraction of sp³-hybridized carbons (Fsp3) is 0.100. The molecule has 1 aliphatic heterocycles. The number of anilines is 2. The van der Waals surface area contributed by atoms with E-state index in [4.69, 9.17) is 4.74 Å². The molecular formula is C20H17N3O3. The third-order valence-corrected chi connectivity index (χ3v) is 4.40. The van der Waals surface area contributed by atoms with Crippen LogP contribution in [0.5, 0.6) is 0 Å². The topological polar surface area (TPSA) is 63.6 Å². The Kier molecular flexibility index (Phi) is 3.93. The van der Waals surface area contributed by atoms with Crippen molar-refractivity contribution in [1.29, 1.82) is 0 Å². The lowest BCUT2D eigenvalue weighted by Crippen LogP contribution is -2.38. The summed E-state index contributed by atoms with van der Waals surface area (Å²) in [5.41, 5.74) is 3.50. The molecule has 0 radical (unpaired) electrons. The van der Waals surface area contributed by atoms with Gasteiger partial charge in [0, 0.05) is 11.9 Å². The number of hydrogen-bond donors (Lipinski definition) is 1. The van der Waals surface area contributed by atoms with E-state index in [1.54, 1.807) is 29.2 Å². The fourth-order valence-electron chi connectivity index (χ4n) is 3.17. The predicted molar refractivity (Wildman–Crippen MR) is 98.8 cm³/mol. The number of carbonyl (C=O) groups excluding carboxylic acids is 2. The van der Waals surface area contributed by atoms with Crippen molar-refractivity contribution < 1.29 is 14.3 Å². The summed E-state index contributed by atoms with van der Waals surface area (Å²) in [6, 6.07) is 18.2. The molecule has 26 heavy (non-hydrogen) atoms. The summed E-state index contributed by atoms with van der Waals surface area (Å²) in [4.78, 5) is 26.6. The molecule has 0 unspecified atom stereocenters. The number of carbonyl (C=O) groups is 2. The van der Waals surface area contributed by atoms with Crippen molar-refractivity contribution in [2.24, 2.45) is 0 Å². The molecule has 4 rings (SSSR count). The van der Waals surface area contributed by atoms with Gasteiger partial charge in [-0.15, -0.1) is 0 Å². The molecule has 1 aromatic heterocycles. The van der Waals surface area contributed by atoms with Crippen LogP contribution in [0.1, 0.15) is 16.1 Å². The van der Waals surface area contributed by atoms with Gasteiger partial charge in [0.05, 0.1) is 36.3 Å². The molecule has 0 bridgehead atoms. The van der Waals surface area contributed by atoms with E-state index in [9.17, 15) is 9.59 Å². The summed E-state index contributed by atoms with van der Waals surface area (Å²) in [6.07, 6.45) is 1.98. The van der Waals surface area contributed by atoms with E-state index in [0.29, 0.717) is 17.8 Å². The molecule has 6 nitrogen and oxygen atoms in total. The SMILES string of the molecule is COC(=O)c1ccccc1NC(=O)N1Cc2cccn2-c2ccccc21. The molecule has 1 aliphatic rings. The van der Waals surface area contributed by atoms with Crippen LogP contribution >= 0.6 is 0 Å². The number of benzene rings is 2. The Morgan fingerprint density at radius 2 is 1.69 bits per heavy atom. The van der Waals surface area contributed by atoms with Crippen LogP contribution < -0.4 is 10.2 Å². The van der Waals surface area contributed by atoms with Gasteiger partial charge in [-0.25, -0.2) is 9.59 Å². The number of nitrogens with zero attached hydrogens (tertiary/aromatic N) is 2. The summed E-state index contributed by atoms with van der Waals surface area (Å²) in [5, 5.41) is 2.84. The summed E-state index contributed by atoms with van der Waals surface area (Å²) in [7, 11) is 1.32. The van der Waals surface area contributed by atoms with Gasteiger partial charge in [-0.2, -0.15) is 0 Å². The second-order valence-electron chi connectivity index (χ2n) is 5.91. The lowest BCUT2D eigenvalue weighted by Gasteiger charge is -2.31. The third kappa shape index (κ3) is 2.61. The number of ether oxygens (including phenoxy) is 1. The summed E-state index contributed by atoms with van der Waals surface area (Å²) < 4.78 is 6.86. The number of methoxy groups -OCH3 is 1. The van der Waals surface area contributed by atoms with E-state index < -0.39 is 5.97 Å². The minimum Gasteiger partial charge on any atom is -0.465 e. The van der Waals surface area contributed by atoms with E-state index >= 15 is 0 Å². The number of fused-ring (bicyclic) bond motifs is 3. The first-order valence-electron chi connectivity index (χ1n) is 8.20. The van der Waals surface area contributed by atoms with Gasteiger partial charge >= 0.3 is 12.0 Å². The minimum atomic E-state index is -0.492. The number of esters is 1. The number of nitrogens with one attached hydrogen (secondary N) is 1. The van der Waals surface area contributed by atoms with Crippen molar-refractivity contribution in [3.8, 4) is 5.69 Å². The van der Waals surface area contributed by atoms with Gasteiger partial charge in [0.25, 0.3) is 0 Å². The van der Waals surface area contributed by atoms with Crippen LogP contribution in [0.2, 0.25) is 0 Å². The molecule has 6 heteroatoms. The van der Waals surface area contributed by atoms with Gasteiger partial charge in [0.2, 0.25) is 0 Å². The molecule has 2 amide bonds. The number of rotatable bonds is 2. The molecule has 0 aliphatic carbocycles. The van der Waals surface area contributed by atoms with Gasteiger partial charge in [-0.3, -0.25) is 4.90 Å². The van der Waals surface area contributed by atoms with E-state index in [0.717, 1.165) is 17.1 Å². The lowest BCUT2D eigenvalue weighted by atomic mass is 10.1. The van der Waals surface area contributed by atoms with Gasteiger partial charge in [0.15, 0.2) is 0 Å². The highest BCUT2D eigenvalue weighted by atomic mass is 16.5. The van der Waals surface area contributed by atoms with Crippen LogP contribution in [-0.2, 0) is 11.3 Å². The zero-order valence-corrected chi connectivity index (χ0v) is 14.2. The normalized spacial score (nSPS) is 12.1. The molecule has 2 aromatic carbocycles. The van der Waals surface area contributed by atoms with Crippen LogP contribution in [-0.4, -0.2) is 23.7 Å². The quantitative estimate of drug-likeness (QED) is 0.717. The van der Waals surface area contributed by atoms with E-state index in [1.165, 1.54) is 7.11 Å². The molecule has 0 atom stereocenters. The molecule has 0 saturated carbocycles. The second kappa shape index (κ2) is 6.40. The highest BCUT2D eigenvalue weighted by Crippen LogP contribution is 2.32. The van der Waals surface area contributed by atoms with Crippen molar-refractivity contribution in [1.82, 2.24) is 4.57 Å². The molecular weight excluding hydrogens is 330 g/mol. The molecule has 130 valence electrons. The predicted octanol–water partition coefficient (Wildman–Crippen LogP) is 3.82. The van der Waals surface area contributed by atoms with Crippen LogP contribution in [0, 0.1) is 0 Å². The number of urea groups is 1. The second-order valence-corrected chi connectivity index (χ2v) is 5.91. The molecule has 3 aromatic rings. The Labute approximate surface area is 150 Å². The average molecular weight is 347 g/mol. The number of aromatic nitrogens is 1. The first kappa shape index (κ1) is 16.0. The van der Waals surface area contributed by atoms with Crippen LogP contribution in [0.25, 0.3) is 5.69 Å². The zero-order chi connectivity index (χ0) is 18.1. The first-order valence-corrected chi connectivity index (χ1v) is 8.20. The average Bonchev–Trinajstić information content (AvgIpc) is 3.16.